The van der Waals surface area contributed by atoms with Gasteiger partial charge in [0, 0.05) is 26.7 Å². The SMILES string of the molecule is COc1ccc(Cn2c(=O)c(C)c(NCCNCC(O)COc3ccccc3)n(C)c2=O)cc1OC. The van der Waals surface area contributed by atoms with Crippen molar-refractivity contribution in [3.63, 3.8) is 0 Å². The minimum Gasteiger partial charge on any atom is -0.493 e. The normalized spacial score (nSPS) is 11.7. The van der Waals surface area contributed by atoms with E-state index in [1.165, 1.54) is 16.2 Å². The number of benzene rings is 2. The summed E-state index contributed by atoms with van der Waals surface area (Å²) < 4.78 is 18.7. The highest BCUT2D eigenvalue weighted by Gasteiger charge is 2.15. The summed E-state index contributed by atoms with van der Waals surface area (Å²) in [5.74, 6) is 2.26. The van der Waals surface area contributed by atoms with Crippen LogP contribution in [0.1, 0.15) is 11.1 Å². The number of rotatable bonds is 13. The van der Waals surface area contributed by atoms with Crippen molar-refractivity contribution in [1.29, 1.82) is 0 Å². The third-order valence-electron chi connectivity index (χ3n) is 5.72. The Balaban J connectivity index is 1.57. The summed E-state index contributed by atoms with van der Waals surface area (Å²) in [5.41, 5.74) is 0.390. The van der Waals surface area contributed by atoms with E-state index in [0.29, 0.717) is 48.3 Å². The van der Waals surface area contributed by atoms with Gasteiger partial charge in [0.2, 0.25) is 0 Å². The molecule has 3 aromatic rings. The summed E-state index contributed by atoms with van der Waals surface area (Å²) in [5, 5.41) is 16.4. The number of nitrogens with one attached hydrogen (secondary N) is 2. The van der Waals surface area contributed by atoms with E-state index in [4.69, 9.17) is 14.2 Å². The summed E-state index contributed by atoms with van der Waals surface area (Å²) in [7, 11) is 4.71. The number of ether oxygens (including phenoxy) is 3. The van der Waals surface area contributed by atoms with Gasteiger partial charge in [-0.1, -0.05) is 24.3 Å². The first kappa shape index (κ1) is 26.8. The van der Waals surface area contributed by atoms with Crippen molar-refractivity contribution in [2.45, 2.75) is 19.6 Å². The molecule has 10 nitrogen and oxygen atoms in total. The number of nitrogens with zero attached hydrogens (tertiary/aromatic N) is 2. The largest absolute Gasteiger partial charge is 0.493 e. The lowest BCUT2D eigenvalue weighted by atomic mass is 10.2. The predicted octanol–water partition coefficient (Wildman–Crippen LogP) is 1.36. The Hall–Kier alpha value is -3.76. The maximum absolute atomic E-state index is 13.0. The van der Waals surface area contributed by atoms with E-state index in [2.05, 4.69) is 10.6 Å². The number of aromatic nitrogens is 2. The van der Waals surface area contributed by atoms with Crippen LogP contribution in [-0.4, -0.2) is 60.8 Å². The monoisotopic (exact) mass is 498 g/mol. The average Bonchev–Trinajstić information content (AvgIpc) is 2.90. The van der Waals surface area contributed by atoms with Crippen molar-refractivity contribution in [3.8, 4) is 17.2 Å². The molecule has 0 spiro atoms. The molecule has 1 atom stereocenters. The molecule has 0 aliphatic heterocycles. The van der Waals surface area contributed by atoms with E-state index < -0.39 is 11.8 Å². The van der Waals surface area contributed by atoms with Crippen LogP contribution in [0.15, 0.2) is 58.1 Å². The molecule has 1 aromatic heterocycles. The number of aliphatic hydroxyl groups is 1. The Kier molecular flexibility index (Phi) is 9.54. The number of para-hydroxylation sites is 1. The minimum atomic E-state index is -0.670. The first-order valence-electron chi connectivity index (χ1n) is 11.7. The van der Waals surface area contributed by atoms with Crippen molar-refractivity contribution in [3.05, 3.63) is 80.5 Å². The van der Waals surface area contributed by atoms with Crippen LogP contribution in [0, 0.1) is 6.92 Å². The molecule has 0 saturated carbocycles. The molecule has 1 unspecified atom stereocenters. The van der Waals surface area contributed by atoms with Gasteiger partial charge in [0.05, 0.1) is 26.3 Å². The number of aliphatic hydroxyl groups excluding tert-OH is 1. The lowest BCUT2D eigenvalue weighted by molar-refractivity contribution is 0.107. The molecule has 2 aromatic carbocycles. The Labute approximate surface area is 210 Å². The third-order valence-corrected chi connectivity index (χ3v) is 5.72. The number of anilines is 1. The molecule has 0 aliphatic rings. The van der Waals surface area contributed by atoms with Crippen molar-refractivity contribution in [2.24, 2.45) is 7.05 Å². The van der Waals surface area contributed by atoms with Crippen LogP contribution in [0.5, 0.6) is 17.2 Å². The van der Waals surface area contributed by atoms with Crippen LogP contribution < -0.4 is 36.1 Å². The molecule has 0 bridgehead atoms. The molecule has 3 N–H and O–H groups in total. The van der Waals surface area contributed by atoms with Gasteiger partial charge < -0.3 is 30.0 Å². The van der Waals surface area contributed by atoms with Gasteiger partial charge in [-0.15, -0.1) is 0 Å². The van der Waals surface area contributed by atoms with Gasteiger partial charge in [0.1, 0.15) is 24.3 Å². The lowest BCUT2D eigenvalue weighted by Crippen LogP contribution is -2.42. The highest BCUT2D eigenvalue weighted by molar-refractivity contribution is 5.44. The highest BCUT2D eigenvalue weighted by Crippen LogP contribution is 2.27. The minimum absolute atomic E-state index is 0.109. The molecule has 0 saturated heterocycles. The Morgan fingerprint density at radius 3 is 2.42 bits per heavy atom. The van der Waals surface area contributed by atoms with Gasteiger partial charge in [-0.25, -0.2) is 4.79 Å². The third kappa shape index (κ3) is 6.67. The van der Waals surface area contributed by atoms with Gasteiger partial charge >= 0.3 is 5.69 Å². The Morgan fingerprint density at radius 1 is 1.00 bits per heavy atom. The summed E-state index contributed by atoms with van der Waals surface area (Å²) >= 11 is 0. The fraction of sp³-hybridized carbons (Fsp3) is 0.385. The molecule has 1 heterocycles. The molecule has 0 aliphatic carbocycles. The number of hydrogen-bond acceptors (Lipinski definition) is 8. The zero-order chi connectivity index (χ0) is 26.1. The van der Waals surface area contributed by atoms with Crippen LogP contribution in [0.4, 0.5) is 5.82 Å². The van der Waals surface area contributed by atoms with Gasteiger partial charge in [0.15, 0.2) is 11.5 Å². The summed E-state index contributed by atoms with van der Waals surface area (Å²) in [4.78, 5) is 26.0. The second kappa shape index (κ2) is 12.8. The first-order chi connectivity index (χ1) is 17.3. The zero-order valence-corrected chi connectivity index (χ0v) is 21.1. The average molecular weight is 499 g/mol. The molecule has 3 rings (SSSR count). The van der Waals surface area contributed by atoms with Crippen molar-refractivity contribution >= 4 is 5.82 Å². The van der Waals surface area contributed by atoms with Gasteiger partial charge in [-0.05, 0) is 36.8 Å². The number of methoxy groups -OCH3 is 2. The van der Waals surface area contributed by atoms with Crippen LogP contribution >= 0.6 is 0 Å². The fourth-order valence-corrected chi connectivity index (χ4v) is 3.78. The molecule has 194 valence electrons. The maximum atomic E-state index is 13.0. The molecule has 0 fully saturated rings. The molecule has 0 amide bonds. The lowest BCUT2D eigenvalue weighted by Gasteiger charge is -2.17. The van der Waals surface area contributed by atoms with E-state index in [9.17, 15) is 14.7 Å². The number of hydrogen-bond donors (Lipinski definition) is 3. The summed E-state index contributed by atoms with van der Waals surface area (Å²) in [6.07, 6.45) is -0.670. The predicted molar refractivity (Wildman–Crippen MR) is 139 cm³/mol. The van der Waals surface area contributed by atoms with Crippen molar-refractivity contribution in [1.82, 2.24) is 14.5 Å². The molecule has 36 heavy (non-hydrogen) atoms. The van der Waals surface area contributed by atoms with Gasteiger partial charge in [-0.2, -0.15) is 0 Å². The van der Waals surface area contributed by atoms with E-state index in [-0.39, 0.29) is 18.7 Å². The quantitative estimate of drug-likeness (QED) is 0.303. The van der Waals surface area contributed by atoms with Gasteiger partial charge in [0.25, 0.3) is 5.56 Å². The standard InChI is InChI=1S/C26H34N4O6/c1-18-24(28-13-12-27-15-20(31)17-36-21-8-6-5-7-9-21)29(2)26(33)30(25(18)32)16-19-10-11-22(34-3)23(14-19)35-4/h5-11,14,20,27-28,31H,12-13,15-17H2,1-4H3. The zero-order valence-electron chi connectivity index (χ0n) is 21.1. The second-order valence-corrected chi connectivity index (χ2v) is 8.30. The van der Waals surface area contributed by atoms with E-state index in [1.54, 1.807) is 39.3 Å². The maximum Gasteiger partial charge on any atom is 0.332 e. The smallest absolute Gasteiger partial charge is 0.332 e. The van der Waals surface area contributed by atoms with Crippen LogP contribution in [-0.2, 0) is 13.6 Å². The summed E-state index contributed by atoms with van der Waals surface area (Å²) in [6.45, 7) is 3.30. The van der Waals surface area contributed by atoms with Crippen LogP contribution in [0.2, 0.25) is 0 Å². The first-order valence-corrected chi connectivity index (χ1v) is 11.7. The van der Waals surface area contributed by atoms with Crippen LogP contribution in [0.3, 0.4) is 0 Å². The topological polar surface area (TPSA) is 116 Å². The molecular formula is C26H34N4O6. The summed E-state index contributed by atoms with van der Waals surface area (Å²) in [6, 6.07) is 14.6. The van der Waals surface area contributed by atoms with Crippen LogP contribution in [0.25, 0.3) is 0 Å². The molecular weight excluding hydrogens is 464 g/mol. The van der Waals surface area contributed by atoms with Crippen molar-refractivity contribution < 1.29 is 19.3 Å². The van der Waals surface area contributed by atoms with E-state index in [0.717, 1.165) is 5.56 Å². The Bertz CT molecular complexity index is 1220. The van der Waals surface area contributed by atoms with Gasteiger partial charge in [-0.3, -0.25) is 13.9 Å². The molecule has 10 heteroatoms. The molecule has 0 radical (unpaired) electrons. The second-order valence-electron chi connectivity index (χ2n) is 8.30. The fourth-order valence-electron chi connectivity index (χ4n) is 3.78. The Morgan fingerprint density at radius 2 is 1.72 bits per heavy atom. The van der Waals surface area contributed by atoms with E-state index in [1.807, 2.05) is 30.3 Å². The van der Waals surface area contributed by atoms with E-state index >= 15 is 0 Å². The van der Waals surface area contributed by atoms with Crippen molar-refractivity contribution in [2.75, 3.05) is 45.8 Å². The highest BCUT2D eigenvalue weighted by atomic mass is 16.5.